The van der Waals surface area contributed by atoms with Crippen molar-refractivity contribution in [2.24, 2.45) is 11.8 Å². The third-order valence-corrected chi connectivity index (χ3v) is 6.37. The van der Waals surface area contributed by atoms with Crippen LogP contribution in [0.3, 0.4) is 0 Å². The summed E-state index contributed by atoms with van der Waals surface area (Å²) in [6.07, 6.45) is 1.51. The van der Waals surface area contributed by atoms with Gasteiger partial charge in [-0.15, -0.1) is 0 Å². The van der Waals surface area contributed by atoms with E-state index in [1.807, 2.05) is 59.5 Å². The Morgan fingerprint density at radius 3 is 2.41 bits per heavy atom. The fourth-order valence-electron chi connectivity index (χ4n) is 4.53. The predicted octanol–water partition coefficient (Wildman–Crippen LogP) is 2.60. The molecule has 0 bridgehead atoms. The third-order valence-electron chi connectivity index (χ3n) is 6.37. The van der Waals surface area contributed by atoms with Crippen molar-refractivity contribution in [3.8, 4) is 5.75 Å². The topological polar surface area (TPSA) is 79.0 Å². The number of methoxy groups -OCH3 is 1. The summed E-state index contributed by atoms with van der Waals surface area (Å²) in [7, 11) is 1.62. The second-order valence-corrected chi connectivity index (χ2v) is 8.37. The molecule has 2 heterocycles. The molecule has 32 heavy (non-hydrogen) atoms. The molecule has 3 amide bonds. The molecule has 1 atom stereocenters. The van der Waals surface area contributed by atoms with E-state index in [4.69, 9.17) is 4.74 Å². The average Bonchev–Trinajstić information content (AvgIpc) is 3.24. The van der Waals surface area contributed by atoms with E-state index in [1.165, 1.54) is 0 Å². The van der Waals surface area contributed by atoms with E-state index in [0.29, 0.717) is 39.0 Å². The van der Waals surface area contributed by atoms with E-state index in [2.05, 4.69) is 5.32 Å². The second-order valence-electron chi connectivity index (χ2n) is 8.37. The third kappa shape index (κ3) is 4.77. The SMILES string of the molecule is COc1ccccc1CNC(=O)C1CCN(C(=O)C2CC(=O)N(c3ccccc3)C2)CC1. The van der Waals surface area contributed by atoms with Crippen LogP contribution in [-0.4, -0.2) is 49.4 Å². The summed E-state index contributed by atoms with van der Waals surface area (Å²) < 4.78 is 5.33. The van der Waals surface area contributed by atoms with Crippen LogP contribution in [0, 0.1) is 11.8 Å². The van der Waals surface area contributed by atoms with Gasteiger partial charge in [-0.05, 0) is 31.0 Å². The largest absolute Gasteiger partial charge is 0.496 e. The number of nitrogens with zero attached hydrogens (tertiary/aromatic N) is 2. The molecule has 4 rings (SSSR count). The van der Waals surface area contributed by atoms with Gasteiger partial charge in [0.15, 0.2) is 0 Å². The molecule has 0 aliphatic carbocycles. The van der Waals surface area contributed by atoms with E-state index >= 15 is 0 Å². The van der Waals surface area contributed by atoms with Crippen molar-refractivity contribution in [2.45, 2.75) is 25.8 Å². The number of piperidine rings is 1. The minimum absolute atomic E-state index is 0.00861. The molecule has 0 aromatic heterocycles. The van der Waals surface area contributed by atoms with E-state index in [0.717, 1.165) is 17.0 Å². The molecule has 2 aliphatic heterocycles. The first-order valence-electron chi connectivity index (χ1n) is 11.1. The molecule has 0 radical (unpaired) electrons. The Labute approximate surface area is 188 Å². The van der Waals surface area contributed by atoms with E-state index in [-0.39, 0.29) is 36.0 Å². The molecule has 7 heteroatoms. The molecule has 2 aliphatic rings. The molecule has 168 valence electrons. The Kier molecular flexibility index (Phi) is 6.73. The lowest BCUT2D eigenvalue weighted by atomic mass is 9.94. The first kappa shape index (κ1) is 21.9. The second kappa shape index (κ2) is 9.85. The first-order chi connectivity index (χ1) is 15.6. The zero-order valence-corrected chi connectivity index (χ0v) is 18.3. The quantitative estimate of drug-likeness (QED) is 0.757. The van der Waals surface area contributed by atoms with Gasteiger partial charge in [0.25, 0.3) is 0 Å². The maximum atomic E-state index is 13.0. The Bertz CT molecular complexity index is 970. The zero-order valence-electron chi connectivity index (χ0n) is 18.3. The van der Waals surface area contributed by atoms with Crippen molar-refractivity contribution in [1.29, 1.82) is 0 Å². The number of benzene rings is 2. The van der Waals surface area contributed by atoms with Crippen LogP contribution in [0.15, 0.2) is 54.6 Å². The minimum atomic E-state index is -0.321. The molecule has 0 saturated carbocycles. The fraction of sp³-hybridized carbons (Fsp3) is 0.400. The number of nitrogens with one attached hydrogen (secondary N) is 1. The van der Waals surface area contributed by atoms with Gasteiger partial charge in [0.2, 0.25) is 17.7 Å². The normalized spacial score (nSPS) is 19.2. The Balaban J connectivity index is 1.26. The first-order valence-corrected chi connectivity index (χ1v) is 11.1. The van der Waals surface area contributed by atoms with Crippen LogP contribution >= 0.6 is 0 Å². The molecule has 2 saturated heterocycles. The van der Waals surface area contributed by atoms with Gasteiger partial charge >= 0.3 is 0 Å². The average molecular weight is 436 g/mol. The molecule has 2 aromatic rings. The highest BCUT2D eigenvalue weighted by molar-refractivity contribution is 6.00. The van der Waals surface area contributed by atoms with Crippen LogP contribution in [0.5, 0.6) is 5.75 Å². The number of carbonyl (C=O) groups is 3. The van der Waals surface area contributed by atoms with Gasteiger partial charge in [0, 0.05) is 49.8 Å². The van der Waals surface area contributed by atoms with Crippen molar-refractivity contribution in [3.05, 3.63) is 60.2 Å². The van der Waals surface area contributed by atoms with Gasteiger partial charge in [-0.1, -0.05) is 36.4 Å². The van der Waals surface area contributed by atoms with Crippen LogP contribution in [0.1, 0.15) is 24.8 Å². The summed E-state index contributed by atoms with van der Waals surface area (Å²) in [4.78, 5) is 41.6. The van der Waals surface area contributed by atoms with Crippen LogP contribution in [0.25, 0.3) is 0 Å². The van der Waals surface area contributed by atoms with Crippen molar-refractivity contribution < 1.29 is 19.1 Å². The number of ether oxygens (including phenoxy) is 1. The Hall–Kier alpha value is -3.35. The number of likely N-dealkylation sites (tertiary alicyclic amines) is 1. The van der Waals surface area contributed by atoms with Gasteiger partial charge < -0.3 is 19.9 Å². The maximum absolute atomic E-state index is 13.0. The van der Waals surface area contributed by atoms with Crippen molar-refractivity contribution in [1.82, 2.24) is 10.2 Å². The van der Waals surface area contributed by atoms with Crippen LogP contribution in [0.4, 0.5) is 5.69 Å². The highest BCUT2D eigenvalue weighted by Crippen LogP contribution is 2.28. The van der Waals surface area contributed by atoms with Crippen molar-refractivity contribution >= 4 is 23.4 Å². The Morgan fingerprint density at radius 2 is 1.69 bits per heavy atom. The van der Waals surface area contributed by atoms with E-state index in [9.17, 15) is 14.4 Å². The summed E-state index contributed by atoms with van der Waals surface area (Å²) in [5.41, 5.74) is 1.77. The van der Waals surface area contributed by atoms with Crippen LogP contribution < -0.4 is 15.0 Å². The van der Waals surface area contributed by atoms with Crippen LogP contribution in [-0.2, 0) is 20.9 Å². The molecule has 7 nitrogen and oxygen atoms in total. The Morgan fingerprint density at radius 1 is 1.00 bits per heavy atom. The number of hydrogen-bond donors (Lipinski definition) is 1. The summed E-state index contributed by atoms with van der Waals surface area (Å²) >= 11 is 0. The number of anilines is 1. The van der Waals surface area contributed by atoms with E-state index < -0.39 is 0 Å². The molecular weight excluding hydrogens is 406 g/mol. The minimum Gasteiger partial charge on any atom is -0.496 e. The van der Waals surface area contributed by atoms with Crippen molar-refractivity contribution in [2.75, 3.05) is 31.6 Å². The number of hydrogen-bond acceptors (Lipinski definition) is 4. The number of para-hydroxylation sites is 2. The molecular formula is C25H29N3O4. The lowest BCUT2D eigenvalue weighted by Gasteiger charge is -2.33. The zero-order chi connectivity index (χ0) is 22.5. The lowest BCUT2D eigenvalue weighted by molar-refractivity contribution is -0.139. The summed E-state index contributed by atoms with van der Waals surface area (Å²) in [5.74, 6) is 0.335. The molecule has 2 fully saturated rings. The number of amides is 3. The standard InChI is InChI=1S/C25H29N3O4/c1-32-22-10-6-5-7-19(22)16-26-24(30)18-11-13-27(14-12-18)25(31)20-15-23(29)28(17-20)21-8-3-2-4-9-21/h2-10,18,20H,11-17H2,1H3,(H,26,30). The molecule has 2 aromatic carbocycles. The maximum Gasteiger partial charge on any atom is 0.228 e. The van der Waals surface area contributed by atoms with Gasteiger partial charge in [-0.3, -0.25) is 14.4 Å². The fourth-order valence-corrected chi connectivity index (χ4v) is 4.53. The summed E-state index contributed by atoms with van der Waals surface area (Å²) in [5, 5.41) is 3.00. The predicted molar refractivity (Wildman–Crippen MR) is 121 cm³/mol. The van der Waals surface area contributed by atoms with Gasteiger partial charge in [-0.2, -0.15) is 0 Å². The lowest BCUT2D eigenvalue weighted by Crippen LogP contribution is -2.45. The van der Waals surface area contributed by atoms with Crippen molar-refractivity contribution in [3.63, 3.8) is 0 Å². The molecule has 1 N–H and O–H groups in total. The number of rotatable bonds is 6. The molecule has 1 unspecified atom stereocenters. The van der Waals surface area contributed by atoms with Gasteiger partial charge in [-0.25, -0.2) is 0 Å². The molecule has 0 spiro atoms. The monoisotopic (exact) mass is 435 g/mol. The highest BCUT2D eigenvalue weighted by atomic mass is 16.5. The number of carbonyl (C=O) groups excluding carboxylic acids is 3. The van der Waals surface area contributed by atoms with E-state index in [1.54, 1.807) is 12.0 Å². The summed E-state index contributed by atoms with van der Waals surface area (Å²) in [6, 6.07) is 17.1. The van der Waals surface area contributed by atoms with Crippen LogP contribution in [0.2, 0.25) is 0 Å². The van der Waals surface area contributed by atoms with Gasteiger partial charge in [0.05, 0.1) is 13.0 Å². The smallest absolute Gasteiger partial charge is 0.228 e. The highest BCUT2D eigenvalue weighted by Gasteiger charge is 2.38. The van der Waals surface area contributed by atoms with Gasteiger partial charge in [0.1, 0.15) is 5.75 Å². The summed E-state index contributed by atoms with van der Waals surface area (Å²) in [6.45, 7) is 1.92.